The first kappa shape index (κ1) is 16.7. The van der Waals surface area contributed by atoms with Gasteiger partial charge >= 0.3 is 5.97 Å². The zero-order valence-corrected chi connectivity index (χ0v) is 13.1. The number of halogens is 1. The summed E-state index contributed by atoms with van der Waals surface area (Å²) in [5, 5.41) is 0. The number of ether oxygens (including phenoxy) is 1. The number of unbranched alkanes of at least 4 members (excludes halogenated alkanes) is 1. The van der Waals surface area contributed by atoms with Crippen LogP contribution in [0.2, 0.25) is 0 Å². The van der Waals surface area contributed by atoms with E-state index in [0.717, 1.165) is 24.0 Å². The van der Waals surface area contributed by atoms with E-state index in [9.17, 15) is 9.18 Å². The summed E-state index contributed by atoms with van der Waals surface area (Å²) in [7, 11) is 0. The van der Waals surface area contributed by atoms with E-state index >= 15 is 0 Å². The number of allylic oxidation sites excluding steroid dienone is 1. The lowest BCUT2D eigenvalue weighted by atomic mass is 10.0. The minimum Gasteiger partial charge on any atom is -0.457 e. The van der Waals surface area contributed by atoms with Gasteiger partial charge in [0.2, 0.25) is 0 Å². The van der Waals surface area contributed by atoms with Gasteiger partial charge in [0, 0.05) is 5.69 Å². The molecule has 0 aliphatic carbocycles. The Morgan fingerprint density at radius 3 is 2.57 bits per heavy atom. The molecular formula is C19H20FNO2. The Kier molecular flexibility index (Phi) is 5.92. The number of nitrogen functional groups attached to an aromatic ring is 1. The number of hydrogen-bond donors (Lipinski definition) is 1. The molecule has 0 fully saturated rings. The molecule has 3 nitrogen and oxygen atoms in total. The fourth-order valence-electron chi connectivity index (χ4n) is 2.13. The van der Waals surface area contributed by atoms with Gasteiger partial charge in [-0.25, -0.2) is 9.18 Å². The van der Waals surface area contributed by atoms with E-state index < -0.39 is 5.97 Å². The molecule has 0 aromatic heterocycles. The molecule has 0 heterocycles. The van der Waals surface area contributed by atoms with Crippen molar-refractivity contribution >= 4 is 17.2 Å². The molecule has 0 radical (unpaired) electrons. The van der Waals surface area contributed by atoms with Crippen LogP contribution < -0.4 is 5.73 Å². The van der Waals surface area contributed by atoms with Crippen LogP contribution >= 0.6 is 0 Å². The van der Waals surface area contributed by atoms with Gasteiger partial charge < -0.3 is 10.5 Å². The van der Waals surface area contributed by atoms with Crippen molar-refractivity contribution in [3.63, 3.8) is 0 Å². The van der Waals surface area contributed by atoms with E-state index in [4.69, 9.17) is 10.5 Å². The quantitative estimate of drug-likeness (QED) is 0.633. The molecule has 0 aliphatic heterocycles. The largest absolute Gasteiger partial charge is 0.457 e. The first-order valence-corrected chi connectivity index (χ1v) is 7.57. The van der Waals surface area contributed by atoms with Crippen molar-refractivity contribution in [3.05, 3.63) is 71.6 Å². The Morgan fingerprint density at radius 2 is 1.91 bits per heavy atom. The fraction of sp³-hybridized carbons (Fsp3) is 0.211. The Labute approximate surface area is 135 Å². The molecule has 120 valence electrons. The van der Waals surface area contributed by atoms with Crippen molar-refractivity contribution in [1.29, 1.82) is 0 Å². The topological polar surface area (TPSA) is 52.3 Å². The third-order valence-electron chi connectivity index (χ3n) is 3.38. The summed E-state index contributed by atoms with van der Waals surface area (Å²) in [6, 6.07) is 12.8. The summed E-state index contributed by atoms with van der Waals surface area (Å²) >= 11 is 0. The summed E-state index contributed by atoms with van der Waals surface area (Å²) in [5.41, 5.74) is 8.31. The number of hydrogen-bond acceptors (Lipinski definition) is 3. The molecule has 0 saturated heterocycles. The van der Waals surface area contributed by atoms with E-state index in [1.54, 1.807) is 36.4 Å². The van der Waals surface area contributed by atoms with Gasteiger partial charge in [0.05, 0.1) is 5.56 Å². The highest BCUT2D eigenvalue weighted by Crippen LogP contribution is 2.18. The molecule has 2 N–H and O–H groups in total. The Balaban J connectivity index is 2.09. The molecule has 2 aromatic rings. The summed E-state index contributed by atoms with van der Waals surface area (Å²) in [4.78, 5) is 12.1. The number of carbonyl (C=O) groups excluding carboxylic acids is 1. The summed E-state index contributed by atoms with van der Waals surface area (Å²) < 4.78 is 18.4. The molecule has 0 spiro atoms. The van der Waals surface area contributed by atoms with Gasteiger partial charge in [-0.3, -0.25) is 0 Å². The van der Waals surface area contributed by atoms with Crippen molar-refractivity contribution in [3.8, 4) is 0 Å². The van der Waals surface area contributed by atoms with Crippen LogP contribution in [0.15, 0.2) is 54.6 Å². The third kappa shape index (κ3) is 4.95. The number of benzene rings is 2. The zero-order valence-electron chi connectivity index (χ0n) is 13.1. The predicted octanol–water partition coefficient (Wildman–Crippen LogP) is 4.45. The lowest BCUT2D eigenvalue weighted by Crippen LogP contribution is -2.08. The summed E-state index contributed by atoms with van der Waals surface area (Å²) in [5.74, 6) is -0.720. The minimum absolute atomic E-state index is 0.138. The molecule has 0 saturated carbocycles. The van der Waals surface area contributed by atoms with Crippen molar-refractivity contribution in [2.24, 2.45) is 0 Å². The first-order valence-electron chi connectivity index (χ1n) is 7.57. The Hall–Kier alpha value is -2.62. The number of carbonyl (C=O) groups is 1. The van der Waals surface area contributed by atoms with Gasteiger partial charge in [-0.2, -0.15) is 0 Å². The van der Waals surface area contributed by atoms with Crippen molar-refractivity contribution in [2.45, 2.75) is 19.8 Å². The average Bonchev–Trinajstić information content (AvgIpc) is 2.56. The van der Waals surface area contributed by atoms with E-state index in [-0.39, 0.29) is 12.4 Å². The number of nitrogens with two attached hydrogens (primary N) is 1. The Morgan fingerprint density at radius 1 is 1.17 bits per heavy atom. The molecule has 2 rings (SSSR count). The van der Waals surface area contributed by atoms with Gasteiger partial charge in [0.1, 0.15) is 12.4 Å². The standard InChI is InChI=1S/C19H20FNO2/c1-2-3-5-16(14-8-10-17(20)11-9-14)13-23-19(22)15-6-4-7-18(21)12-15/h4-12H,2-3,13,21H2,1H3/b16-5+. The van der Waals surface area contributed by atoms with Crippen LogP contribution in [0.25, 0.3) is 5.57 Å². The molecule has 0 atom stereocenters. The maximum atomic E-state index is 13.1. The second-order valence-corrected chi connectivity index (χ2v) is 5.23. The fourth-order valence-corrected chi connectivity index (χ4v) is 2.13. The average molecular weight is 313 g/mol. The summed E-state index contributed by atoms with van der Waals surface area (Å²) in [6.07, 6.45) is 3.86. The van der Waals surface area contributed by atoms with Gasteiger partial charge in [-0.15, -0.1) is 0 Å². The second-order valence-electron chi connectivity index (χ2n) is 5.23. The van der Waals surface area contributed by atoms with Gasteiger partial charge in [-0.05, 0) is 47.9 Å². The maximum absolute atomic E-state index is 13.1. The van der Waals surface area contributed by atoms with Gasteiger partial charge in [0.25, 0.3) is 0 Å². The minimum atomic E-state index is -0.429. The van der Waals surface area contributed by atoms with Crippen LogP contribution in [-0.4, -0.2) is 12.6 Å². The van der Waals surface area contributed by atoms with Gasteiger partial charge in [0.15, 0.2) is 0 Å². The van der Waals surface area contributed by atoms with Crippen LogP contribution in [0, 0.1) is 5.82 Å². The highest BCUT2D eigenvalue weighted by atomic mass is 19.1. The van der Waals surface area contributed by atoms with Crippen molar-refractivity contribution in [2.75, 3.05) is 12.3 Å². The smallest absolute Gasteiger partial charge is 0.338 e. The number of anilines is 1. The summed E-state index contributed by atoms with van der Waals surface area (Å²) in [6.45, 7) is 2.21. The molecule has 0 aliphatic rings. The van der Waals surface area contributed by atoms with Crippen molar-refractivity contribution < 1.29 is 13.9 Å². The SMILES string of the molecule is CCC/C=C(\COC(=O)c1cccc(N)c1)c1ccc(F)cc1. The first-order chi connectivity index (χ1) is 11.1. The number of esters is 1. The van der Waals surface area contributed by atoms with Crippen LogP contribution in [-0.2, 0) is 4.74 Å². The van der Waals surface area contributed by atoms with Gasteiger partial charge in [-0.1, -0.05) is 37.6 Å². The van der Waals surface area contributed by atoms with E-state index in [2.05, 4.69) is 6.92 Å². The highest BCUT2D eigenvalue weighted by molar-refractivity contribution is 5.91. The van der Waals surface area contributed by atoms with Crippen LogP contribution in [0.4, 0.5) is 10.1 Å². The zero-order chi connectivity index (χ0) is 16.7. The van der Waals surface area contributed by atoms with E-state index in [1.165, 1.54) is 12.1 Å². The lowest BCUT2D eigenvalue weighted by molar-refractivity contribution is 0.0556. The predicted molar refractivity (Wildman–Crippen MR) is 90.4 cm³/mol. The lowest BCUT2D eigenvalue weighted by Gasteiger charge is -2.10. The molecule has 23 heavy (non-hydrogen) atoms. The van der Waals surface area contributed by atoms with E-state index in [1.807, 2.05) is 6.08 Å². The molecule has 0 unspecified atom stereocenters. The van der Waals surface area contributed by atoms with Crippen LogP contribution in [0.3, 0.4) is 0 Å². The second kappa shape index (κ2) is 8.13. The monoisotopic (exact) mass is 313 g/mol. The highest BCUT2D eigenvalue weighted by Gasteiger charge is 2.10. The third-order valence-corrected chi connectivity index (χ3v) is 3.38. The van der Waals surface area contributed by atoms with Crippen LogP contribution in [0.1, 0.15) is 35.7 Å². The number of rotatable bonds is 6. The Bertz CT molecular complexity index is 693. The normalized spacial score (nSPS) is 11.3. The molecular weight excluding hydrogens is 293 g/mol. The maximum Gasteiger partial charge on any atom is 0.338 e. The molecule has 0 bridgehead atoms. The van der Waals surface area contributed by atoms with Crippen molar-refractivity contribution in [1.82, 2.24) is 0 Å². The molecule has 4 heteroatoms. The molecule has 0 amide bonds. The molecule has 2 aromatic carbocycles. The van der Waals surface area contributed by atoms with Crippen LogP contribution in [0.5, 0.6) is 0 Å². The van der Waals surface area contributed by atoms with E-state index in [0.29, 0.717) is 11.3 Å².